The van der Waals surface area contributed by atoms with E-state index in [0.717, 1.165) is 5.92 Å². The van der Waals surface area contributed by atoms with Gasteiger partial charge in [0.05, 0.1) is 11.2 Å². The quantitative estimate of drug-likeness (QED) is 0.840. The minimum absolute atomic E-state index is 0.0351. The van der Waals surface area contributed by atoms with Gasteiger partial charge in [-0.1, -0.05) is 40.0 Å². The first kappa shape index (κ1) is 16.0. The summed E-state index contributed by atoms with van der Waals surface area (Å²) in [5.74, 6) is 0.883. The van der Waals surface area contributed by atoms with Crippen molar-refractivity contribution in [2.75, 3.05) is 0 Å². The summed E-state index contributed by atoms with van der Waals surface area (Å²) in [6, 6.07) is 0.488. The van der Waals surface area contributed by atoms with E-state index in [9.17, 15) is 0 Å². The molecule has 1 aromatic heterocycles. The van der Waals surface area contributed by atoms with Crippen LogP contribution in [0.3, 0.4) is 0 Å². The standard InChI is InChI=1S/C17H30N2S/c1-12(2)19-17(6,10-13-8-7-9-13)15-18-14(11-20-15)16(3,4)5/h11-13,19H,7-10H2,1-6H3. The summed E-state index contributed by atoms with van der Waals surface area (Å²) in [7, 11) is 0. The molecule has 2 nitrogen and oxygen atoms in total. The topological polar surface area (TPSA) is 24.9 Å². The second-order valence-electron chi connectivity index (χ2n) is 7.92. The lowest BCUT2D eigenvalue weighted by atomic mass is 9.76. The normalized spacial score (nSPS) is 19.9. The Bertz CT molecular complexity index is 440. The van der Waals surface area contributed by atoms with Crippen LogP contribution in [0, 0.1) is 5.92 Å². The fourth-order valence-corrected chi connectivity index (χ4v) is 4.17. The first-order valence-electron chi connectivity index (χ1n) is 7.95. The molecule has 3 heteroatoms. The van der Waals surface area contributed by atoms with Gasteiger partial charge in [-0.2, -0.15) is 0 Å². The van der Waals surface area contributed by atoms with Gasteiger partial charge in [-0.15, -0.1) is 11.3 Å². The molecule has 1 heterocycles. The average molecular weight is 295 g/mol. The summed E-state index contributed by atoms with van der Waals surface area (Å²) >= 11 is 1.83. The summed E-state index contributed by atoms with van der Waals surface area (Å²) < 4.78 is 0. The predicted molar refractivity (Wildman–Crippen MR) is 88.4 cm³/mol. The number of hydrogen-bond donors (Lipinski definition) is 1. The minimum Gasteiger partial charge on any atom is -0.303 e. The molecule has 20 heavy (non-hydrogen) atoms. The molecule has 0 radical (unpaired) electrons. The van der Waals surface area contributed by atoms with Crippen molar-refractivity contribution < 1.29 is 0 Å². The maximum atomic E-state index is 4.97. The van der Waals surface area contributed by atoms with Gasteiger partial charge in [0.25, 0.3) is 0 Å². The van der Waals surface area contributed by atoms with E-state index in [4.69, 9.17) is 4.98 Å². The highest BCUT2D eigenvalue weighted by Gasteiger charge is 2.36. The Morgan fingerprint density at radius 1 is 1.30 bits per heavy atom. The maximum absolute atomic E-state index is 4.97. The first-order valence-corrected chi connectivity index (χ1v) is 8.83. The van der Waals surface area contributed by atoms with Crippen LogP contribution in [-0.4, -0.2) is 11.0 Å². The predicted octanol–water partition coefficient (Wildman–Crippen LogP) is 4.84. The fourth-order valence-electron chi connectivity index (χ4n) is 2.99. The molecule has 1 aromatic rings. The Kier molecular flexibility index (Phi) is 4.60. The first-order chi connectivity index (χ1) is 9.21. The third kappa shape index (κ3) is 3.62. The van der Waals surface area contributed by atoms with Crippen LogP contribution in [0.4, 0.5) is 0 Å². The van der Waals surface area contributed by atoms with Gasteiger partial charge in [-0.05, 0) is 33.1 Å². The Morgan fingerprint density at radius 3 is 2.35 bits per heavy atom. The molecular weight excluding hydrogens is 264 g/mol. The Labute approximate surface area is 128 Å². The molecule has 0 bridgehead atoms. The van der Waals surface area contributed by atoms with Crippen LogP contribution in [0.1, 0.15) is 77.9 Å². The molecule has 2 rings (SSSR count). The van der Waals surface area contributed by atoms with E-state index in [2.05, 4.69) is 52.2 Å². The zero-order chi connectivity index (χ0) is 15.0. The molecule has 1 atom stereocenters. The number of hydrogen-bond acceptors (Lipinski definition) is 3. The third-order valence-corrected chi connectivity index (χ3v) is 5.38. The molecule has 0 spiro atoms. The lowest BCUT2D eigenvalue weighted by molar-refractivity contribution is 0.194. The number of nitrogens with zero attached hydrogens (tertiary/aromatic N) is 1. The number of thiazole rings is 1. The molecule has 0 aromatic carbocycles. The van der Waals surface area contributed by atoms with E-state index >= 15 is 0 Å². The van der Waals surface area contributed by atoms with Gasteiger partial charge in [-0.25, -0.2) is 4.98 Å². The highest BCUT2D eigenvalue weighted by molar-refractivity contribution is 7.09. The summed E-state index contributed by atoms with van der Waals surface area (Å²) in [4.78, 5) is 4.97. The average Bonchev–Trinajstić information content (AvgIpc) is 2.71. The van der Waals surface area contributed by atoms with Gasteiger partial charge < -0.3 is 5.32 Å². The van der Waals surface area contributed by atoms with Crippen LogP contribution < -0.4 is 5.32 Å². The van der Waals surface area contributed by atoms with Gasteiger partial charge in [0.2, 0.25) is 0 Å². The van der Waals surface area contributed by atoms with Crippen molar-refractivity contribution in [3.8, 4) is 0 Å². The van der Waals surface area contributed by atoms with E-state index in [-0.39, 0.29) is 11.0 Å². The van der Waals surface area contributed by atoms with E-state index in [1.54, 1.807) is 0 Å². The van der Waals surface area contributed by atoms with Gasteiger partial charge >= 0.3 is 0 Å². The number of nitrogens with one attached hydrogen (secondary N) is 1. The summed E-state index contributed by atoms with van der Waals surface area (Å²) in [5, 5.41) is 7.30. The summed E-state index contributed by atoms with van der Waals surface area (Å²) in [6.07, 6.45) is 5.43. The van der Waals surface area contributed by atoms with Crippen molar-refractivity contribution in [2.45, 2.75) is 84.2 Å². The molecule has 0 saturated heterocycles. The van der Waals surface area contributed by atoms with E-state index < -0.39 is 0 Å². The molecule has 0 amide bonds. The molecule has 1 aliphatic carbocycles. The molecule has 114 valence electrons. The van der Waals surface area contributed by atoms with Crippen LogP contribution in [0.5, 0.6) is 0 Å². The van der Waals surface area contributed by atoms with Crippen molar-refractivity contribution in [1.82, 2.24) is 10.3 Å². The third-order valence-electron chi connectivity index (χ3n) is 4.27. The molecule has 0 aliphatic heterocycles. The Morgan fingerprint density at radius 2 is 1.95 bits per heavy atom. The van der Waals surface area contributed by atoms with Crippen LogP contribution in [0.15, 0.2) is 5.38 Å². The van der Waals surface area contributed by atoms with Gasteiger partial charge in [0.15, 0.2) is 0 Å². The van der Waals surface area contributed by atoms with Crippen molar-refractivity contribution in [2.24, 2.45) is 5.92 Å². The summed E-state index contributed by atoms with van der Waals surface area (Å²) in [5.41, 5.74) is 1.40. The lowest BCUT2D eigenvalue weighted by Crippen LogP contribution is -2.45. The molecule has 1 saturated carbocycles. The number of aromatic nitrogens is 1. The fraction of sp³-hybridized carbons (Fsp3) is 0.824. The Hall–Kier alpha value is -0.410. The largest absolute Gasteiger partial charge is 0.303 e. The minimum atomic E-state index is 0.0351. The zero-order valence-electron chi connectivity index (χ0n) is 13.9. The van der Waals surface area contributed by atoms with Crippen LogP contribution in [-0.2, 0) is 11.0 Å². The monoisotopic (exact) mass is 294 g/mol. The van der Waals surface area contributed by atoms with Gasteiger partial charge in [0, 0.05) is 16.8 Å². The second kappa shape index (κ2) is 5.76. The molecule has 1 aliphatic rings. The number of rotatable bonds is 5. The molecule has 1 unspecified atom stereocenters. The Balaban J connectivity index is 2.22. The second-order valence-corrected chi connectivity index (χ2v) is 8.78. The van der Waals surface area contributed by atoms with Crippen LogP contribution in [0.25, 0.3) is 0 Å². The smallest absolute Gasteiger partial charge is 0.113 e. The van der Waals surface area contributed by atoms with Crippen molar-refractivity contribution in [3.63, 3.8) is 0 Å². The maximum Gasteiger partial charge on any atom is 0.113 e. The van der Waals surface area contributed by atoms with Crippen molar-refractivity contribution in [3.05, 3.63) is 16.1 Å². The highest BCUT2D eigenvalue weighted by Crippen LogP contribution is 2.40. The zero-order valence-corrected chi connectivity index (χ0v) is 14.7. The highest BCUT2D eigenvalue weighted by atomic mass is 32.1. The van der Waals surface area contributed by atoms with Crippen molar-refractivity contribution in [1.29, 1.82) is 0 Å². The van der Waals surface area contributed by atoms with Crippen molar-refractivity contribution >= 4 is 11.3 Å². The van der Waals surface area contributed by atoms with Crippen LogP contribution >= 0.6 is 11.3 Å². The van der Waals surface area contributed by atoms with Gasteiger partial charge in [0.1, 0.15) is 5.01 Å². The van der Waals surface area contributed by atoms with E-state index in [0.29, 0.717) is 6.04 Å². The summed E-state index contributed by atoms with van der Waals surface area (Å²) in [6.45, 7) is 13.5. The van der Waals surface area contributed by atoms with E-state index in [1.165, 1.54) is 36.4 Å². The molecule has 1 fully saturated rings. The SMILES string of the molecule is CC(C)NC(C)(CC1CCC1)c1nc(C(C)(C)C)cs1. The lowest BCUT2D eigenvalue weighted by Gasteiger charge is -2.38. The molecular formula is C17H30N2S. The van der Waals surface area contributed by atoms with E-state index in [1.807, 2.05) is 11.3 Å². The van der Waals surface area contributed by atoms with Crippen LogP contribution in [0.2, 0.25) is 0 Å². The molecule has 1 N–H and O–H groups in total. The van der Waals surface area contributed by atoms with Gasteiger partial charge in [-0.3, -0.25) is 0 Å².